The maximum Gasteiger partial charge on any atom is 0.225 e. The molecule has 2 atom stereocenters. The van der Waals surface area contributed by atoms with Crippen LogP contribution in [0.4, 0.5) is 0 Å². The molecule has 0 aromatic heterocycles. The van der Waals surface area contributed by atoms with E-state index < -0.39 is 0 Å². The number of amides is 1. The lowest BCUT2D eigenvalue weighted by atomic mass is 10.1. The van der Waals surface area contributed by atoms with Gasteiger partial charge in [0.1, 0.15) is 0 Å². The van der Waals surface area contributed by atoms with E-state index in [0.717, 1.165) is 25.8 Å². The molecule has 1 aliphatic rings. The molecule has 3 nitrogen and oxygen atoms in total. The fourth-order valence-electron chi connectivity index (χ4n) is 1.81. The van der Waals surface area contributed by atoms with Crippen LogP contribution in [-0.4, -0.2) is 35.1 Å². The third kappa shape index (κ3) is 2.69. The van der Waals surface area contributed by atoms with E-state index in [0.29, 0.717) is 6.54 Å². The zero-order chi connectivity index (χ0) is 9.84. The molecule has 1 unspecified atom stereocenters. The summed E-state index contributed by atoms with van der Waals surface area (Å²) in [5, 5.41) is 9.27. The van der Waals surface area contributed by atoms with Crippen molar-refractivity contribution < 1.29 is 9.90 Å². The van der Waals surface area contributed by atoms with Gasteiger partial charge in [-0.2, -0.15) is 0 Å². The average molecular weight is 185 g/mol. The minimum Gasteiger partial charge on any atom is -0.391 e. The molecule has 1 N–H and O–H groups in total. The number of β-amino-alcohol motifs (C(OH)–C–C–N with tert-alkyl or cyclic N) is 1. The summed E-state index contributed by atoms with van der Waals surface area (Å²) in [7, 11) is 0. The van der Waals surface area contributed by atoms with Crippen molar-refractivity contribution in [1.82, 2.24) is 4.90 Å². The van der Waals surface area contributed by atoms with Crippen LogP contribution in [0.5, 0.6) is 0 Å². The van der Waals surface area contributed by atoms with Gasteiger partial charge < -0.3 is 10.0 Å². The zero-order valence-corrected chi connectivity index (χ0v) is 8.49. The lowest BCUT2D eigenvalue weighted by Crippen LogP contribution is -2.33. The monoisotopic (exact) mass is 185 g/mol. The van der Waals surface area contributed by atoms with Gasteiger partial charge in [0, 0.05) is 19.0 Å². The van der Waals surface area contributed by atoms with Gasteiger partial charge in [-0.15, -0.1) is 0 Å². The van der Waals surface area contributed by atoms with Crippen LogP contribution in [0.15, 0.2) is 0 Å². The molecule has 13 heavy (non-hydrogen) atoms. The topological polar surface area (TPSA) is 40.5 Å². The standard InChI is InChI=1S/C10H19NO2/c1-3-4-8(2)10(13)11-6-5-9(12)7-11/h8-9,12H,3-7H2,1-2H3/t8?,9-/m0/s1. The molecule has 76 valence electrons. The third-order valence-corrected chi connectivity index (χ3v) is 2.62. The molecule has 1 heterocycles. The molecule has 1 amide bonds. The first-order valence-electron chi connectivity index (χ1n) is 5.12. The first-order chi connectivity index (χ1) is 6.15. The first-order valence-corrected chi connectivity index (χ1v) is 5.12. The van der Waals surface area contributed by atoms with Crippen molar-refractivity contribution >= 4 is 5.91 Å². The van der Waals surface area contributed by atoms with Crippen molar-refractivity contribution in [2.45, 2.75) is 39.2 Å². The van der Waals surface area contributed by atoms with Gasteiger partial charge in [0.25, 0.3) is 0 Å². The maximum atomic E-state index is 11.7. The Hall–Kier alpha value is -0.570. The molecule has 3 heteroatoms. The van der Waals surface area contributed by atoms with E-state index in [9.17, 15) is 9.90 Å². The van der Waals surface area contributed by atoms with Crippen molar-refractivity contribution in [2.75, 3.05) is 13.1 Å². The van der Waals surface area contributed by atoms with Gasteiger partial charge in [0.2, 0.25) is 5.91 Å². The smallest absolute Gasteiger partial charge is 0.225 e. The molecule has 1 rings (SSSR count). The molecule has 0 saturated carbocycles. The lowest BCUT2D eigenvalue weighted by Gasteiger charge is -2.19. The summed E-state index contributed by atoms with van der Waals surface area (Å²) in [6.07, 6.45) is 2.44. The second-order valence-corrected chi connectivity index (χ2v) is 3.92. The Kier molecular flexibility index (Phi) is 3.72. The van der Waals surface area contributed by atoms with Crippen LogP contribution in [0, 0.1) is 5.92 Å². The molecule has 0 bridgehead atoms. The molecule has 0 aromatic rings. The second kappa shape index (κ2) is 4.61. The molecule has 0 spiro atoms. The molecule has 1 saturated heterocycles. The van der Waals surface area contributed by atoms with E-state index in [-0.39, 0.29) is 17.9 Å². The lowest BCUT2D eigenvalue weighted by molar-refractivity contribution is -0.134. The predicted molar refractivity (Wildman–Crippen MR) is 51.3 cm³/mol. The number of likely N-dealkylation sites (tertiary alicyclic amines) is 1. The summed E-state index contributed by atoms with van der Waals surface area (Å²) in [4.78, 5) is 13.5. The number of aliphatic hydroxyl groups is 1. The van der Waals surface area contributed by atoms with Crippen molar-refractivity contribution in [2.24, 2.45) is 5.92 Å². The molecule has 0 radical (unpaired) electrons. The number of hydrogen-bond acceptors (Lipinski definition) is 2. The van der Waals surface area contributed by atoms with E-state index in [1.165, 1.54) is 0 Å². The molecule has 1 aliphatic heterocycles. The SMILES string of the molecule is CCCC(C)C(=O)N1CC[C@H](O)C1. The molecular weight excluding hydrogens is 166 g/mol. The van der Waals surface area contributed by atoms with Crippen molar-refractivity contribution in [3.63, 3.8) is 0 Å². The fraction of sp³-hybridized carbons (Fsp3) is 0.900. The highest BCUT2D eigenvalue weighted by atomic mass is 16.3. The normalized spacial score (nSPS) is 24.8. The van der Waals surface area contributed by atoms with Crippen LogP contribution in [0.1, 0.15) is 33.1 Å². The minimum atomic E-state index is -0.294. The van der Waals surface area contributed by atoms with Crippen LogP contribution >= 0.6 is 0 Å². The number of aliphatic hydroxyl groups excluding tert-OH is 1. The highest BCUT2D eigenvalue weighted by molar-refractivity contribution is 5.78. The van der Waals surface area contributed by atoms with E-state index in [2.05, 4.69) is 6.92 Å². The Morgan fingerprint density at radius 3 is 2.85 bits per heavy atom. The van der Waals surface area contributed by atoms with Gasteiger partial charge in [-0.3, -0.25) is 4.79 Å². The maximum absolute atomic E-state index is 11.7. The van der Waals surface area contributed by atoms with Gasteiger partial charge in [0.15, 0.2) is 0 Å². The Balaban J connectivity index is 2.38. The van der Waals surface area contributed by atoms with E-state index >= 15 is 0 Å². The number of hydrogen-bond donors (Lipinski definition) is 1. The Labute approximate surface area is 79.7 Å². The summed E-state index contributed by atoms with van der Waals surface area (Å²) in [6, 6.07) is 0. The first kappa shape index (κ1) is 10.5. The predicted octanol–water partition coefficient (Wildman–Crippen LogP) is 1.02. The van der Waals surface area contributed by atoms with Gasteiger partial charge in [-0.05, 0) is 12.8 Å². The van der Waals surface area contributed by atoms with Crippen LogP contribution in [0.2, 0.25) is 0 Å². The summed E-state index contributed by atoms with van der Waals surface area (Å²) in [6.45, 7) is 5.32. The quantitative estimate of drug-likeness (QED) is 0.713. The summed E-state index contributed by atoms with van der Waals surface area (Å²) in [5.41, 5.74) is 0. The average Bonchev–Trinajstić information content (AvgIpc) is 2.51. The minimum absolute atomic E-state index is 0.121. The zero-order valence-electron chi connectivity index (χ0n) is 8.49. The Morgan fingerprint density at radius 1 is 1.69 bits per heavy atom. The summed E-state index contributed by atoms with van der Waals surface area (Å²) < 4.78 is 0. The van der Waals surface area contributed by atoms with E-state index in [1.807, 2.05) is 6.92 Å². The van der Waals surface area contributed by atoms with Crippen LogP contribution in [-0.2, 0) is 4.79 Å². The summed E-state index contributed by atoms with van der Waals surface area (Å²) in [5.74, 6) is 0.327. The van der Waals surface area contributed by atoms with Gasteiger partial charge in [0.05, 0.1) is 6.10 Å². The van der Waals surface area contributed by atoms with Crippen molar-refractivity contribution in [1.29, 1.82) is 0 Å². The highest BCUT2D eigenvalue weighted by Crippen LogP contribution is 2.15. The molecule has 1 fully saturated rings. The Morgan fingerprint density at radius 2 is 2.38 bits per heavy atom. The second-order valence-electron chi connectivity index (χ2n) is 3.92. The van der Waals surface area contributed by atoms with Crippen LogP contribution in [0.3, 0.4) is 0 Å². The van der Waals surface area contributed by atoms with E-state index in [1.54, 1.807) is 4.90 Å². The number of rotatable bonds is 3. The van der Waals surface area contributed by atoms with Crippen LogP contribution < -0.4 is 0 Å². The molecule has 0 aliphatic carbocycles. The number of carbonyl (C=O) groups is 1. The number of nitrogens with zero attached hydrogens (tertiary/aromatic N) is 1. The van der Waals surface area contributed by atoms with Gasteiger partial charge in [-0.25, -0.2) is 0 Å². The largest absolute Gasteiger partial charge is 0.391 e. The summed E-state index contributed by atoms with van der Waals surface area (Å²) >= 11 is 0. The van der Waals surface area contributed by atoms with Gasteiger partial charge >= 0.3 is 0 Å². The highest BCUT2D eigenvalue weighted by Gasteiger charge is 2.26. The van der Waals surface area contributed by atoms with Crippen molar-refractivity contribution in [3.8, 4) is 0 Å². The van der Waals surface area contributed by atoms with Crippen molar-refractivity contribution in [3.05, 3.63) is 0 Å². The number of carbonyl (C=O) groups excluding carboxylic acids is 1. The third-order valence-electron chi connectivity index (χ3n) is 2.62. The molecule has 0 aromatic carbocycles. The fourth-order valence-corrected chi connectivity index (χ4v) is 1.81. The van der Waals surface area contributed by atoms with E-state index in [4.69, 9.17) is 0 Å². The van der Waals surface area contributed by atoms with Gasteiger partial charge in [-0.1, -0.05) is 20.3 Å². The molecular formula is C10H19NO2. The van der Waals surface area contributed by atoms with Crippen LogP contribution in [0.25, 0.3) is 0 Å². The Bertz CT molecular complexity index is 182.